The van der Waals surface area contributed by atoms with Crippen molar-refractivity contribution in [1.82, 2.24) is 14.2 Å². The van der Waals surface area contributed by atoms with E-state index in [2.05, 4.69) is 28.2 Å². The highest BCUT2D eigenvalue weighted by atomic mass is 32.2. The van der Waals surface area contributed by atoms with Gasteiger partial charge < -0.3 is 9.73 Å². The summed E-state index contributed by atoms with van der Waals surface area (Å²) in [6.45, 7) is 6.17. The number of likely N-dealkylation sites (tertiary alicyclic amines) is 1. The maximum atomic E-state index is 13.0. The Morgan fingerprint density at radius 2 is 1.64 bits per heavy atom. The monoisotopic (exact) mass is 471 g/mol. The number of nitrogens with one attached hydrogen (secondary N) is 1. The lowest BCUT2D eigenvalue weighted by molar-refractivity contribution is 0.180. The summed E-state index contributed by atoms with van der Waals surface area (Å²) in [5, 5.41) is 12.7. The number of aromatic nitrogens is 1. The fourth-order valence-corrected chi connectivity index (χ4v) is 6.09. The van der Waals surface area contributed by atoms with E-state index in [0.717, 1.165) is 38.8 Å². The number of nitrogens with zero attached hydrogens (tertiary/aromatic N) is 4. The van der Waals surface area contributed by atoms with E-state index in [9.17, 15) is 13.7 Å². The molecular formula is C24H33N5O3S. The molecule has 33 heavy (non-hydrogen) atoms. The zero-order valence-corrected chi connectivity index (χ0v) is 20.1. The maximum absolute atomic E-state index is 13.0. The fraction of sp³-hybridized carbons (Fsp3) is 0.583. The van der Waals surface area contributed by atoms with E-state index in [1.54, 1.807) is 28.6 Å². The zero-order valence-electron chi connectivity index (χ0n) is 19.3. The second-order valence-electron chi connectivity index (χ2n) is 8.98. The SMILES string of the molecule is CC(CNc1oc(-c2ccc(S(=O)(=O)N3CCCCCC3)cc2)nc1C#N)N1CCCCC1. The number of rotatable bonds is 7. The lowest BCUT2D eigenvalue weighted by atomic mass is 10.1. The molecule has 1 aromatic heterocycles. The Balaban J connectivity index is 1.45. The van der Waals surface area contributed by atoms with Crippen molar-refractivity contribution >= 4 is 15.9 Å². The number of benzene rings is 1. The minimum absolute atomic E-state index is 0.206. The molecule has 8 nitrogen and oxygen atoms in total. The van der Waals surface area contributed by atoms with E-state index < -0.39 is 10.0 Å². The van der Waals surface area contributed by atoms with Gasteiger partial charge in [-0.05, 0) is 70.0 Å². The number of hydrogen-bond acceptors (Lipinski definition) is 7. The first-order chi connectivity index (χ1) is 16.0. The van der Waals surface area contributed by atoms with E-state index in [4.69, 9.17) is 4.42 Å². The van der Waals surface area contributed by atoms with E-state index in [1.165, 1.54) is 19.3 Å². The number of anilines is 1. The molecule has 0 bridgehead atoms. The van der Waals surface area contributed by atoms with Gasteiger partial charge in [0, 0.05) is 31.2 Å². The Kier molecular flexibility index (Phi) is 7.68. The van der Waals surface area contributed by atoms with Gasteiger partial charge in [0.1, 0.15) is 6.07 Å². The Hall–Kier alpha value is -2.41. The Morgan fingerprint density at radius 3 is 2.27 bits per heavy atom. The molecule has 0 aliphatic carbocycles. The Labute approximate surface area is 196 Å². The summed E-state index contributed by atoms with van der Waals surface area (Å²) >= 11 is 0. The van der Waals surface area contributed by atoms with Gasteiger partial charge in [-0.15, -0.1) is 0 Å². The minimum atomic E-state index is -3.51. The molecule has 0 spiro atoms. The van der Waals surface area contributed by atoms with Crippen LogP contribution in [0.3, 0.4) is 0 Å². The van der Waals surface area contributed by atoms with Crippen molar-refractivity contribution in [2.45, 2.75) is 62.8 Å². The van der Waals surface area contributed by atoms with Gasteiger partial charge in [0.2, 0.25) is 27.5 Å². The molecule has 1 atom stereocenters. The standard InChI is InChI=1S/C24H33N5O3S/c1-19(28-13-5-4-6-14-28)18-26-24-22(17-25)27-23(32-24)20-9-11-21(12-10-20)33(30,31)29-15-7-2-3-8-16-29/h9-12,19,26H,2-8,13-16,18H2,1H3. The molecule has 4 rings (SSSR count). The molecule has 1 aromatic carbocycles. The van der Waals surface area contributed by atoms with Crippen LogP contribution in [0.2, 0.25) is 0 Å². The normalized spacial score (nSPS) is 19.5. The van der Waals surface area contributed by atoms with Crippen molar-refractivity contribution in [3.63, 3.8) is 0 Å². The van der Waals surface area contributed by atoms with Crippen molar-refractivity contribution in [1.29, 1.82) is 5.26 Å². The van der Waals surface area contributed by atoms with Gasteiger partial charge >= 0.3 is 0 Å². The predicted octanol–water partition coefficient (Wildman–Crippen LogP) is 4.06. The summed E-state index contributed by atoms with van der Waals surface area (Å²) in [6, 6.07) is 8.99. The van der Waals surface area contributed by atoms with Crippen LogP contribution in [0.15, 0.2) is 33.6 Å². The van der Waals surface area contributed by atoms with Crippen molar-refractivity contribution in [2.75, 3.05) is 38.0 Å². The van der Waals surface area contributed by atoms with Crippen LogP contribution in [-0.2, 0) is 10.0 Å². The number of piperidine rings is 1. The van der Waals surface area contributed by atoms with Crippen LogP contribution in [-0.4, -0.2) is 61.4 Å². The van der Waals surface area contributed by atoms with Crippen LogP contribution in [0.5, 0.6) is 0 Å². The molecule has 3 heterocycles. The first kappa shape index (κ1) is 23.7. The molecular weight excluding hydrogens is 438 g/mol. The molecule has 2 aromatic rings. The van der Waals surface area contributed by atoms with Gasteiger partial charge in [-0.2, -0.15) is 14.6 Å². The van der Waals surface area contributed by atoms with Crippen LogP contribution in [0.25, 0.3) is 11.5 Å². The first-order valence-electron chi connectivity index (χ1n) is 12.0. The zero-order chi connectivity index (χ0) is 23.3. The number of oxazole rings is 1. The van der Waals surface area contributed by atoms with E-state index in [1.807, 2.05) is 0 Å². The summed E-state index contributed by atoms with van der Waals surface area (Å²) in [4.78, 5) is 7.04. The summed E-state index contributed by atoms with van der Waals surface area (Å²) in [5.74, 6) is 0.663. The lowest BCUT2D eigenvalue weighted by Crippen LogP contribution is -2.41. The number of sulfonamides is 1. The summed E-state index contributed by atoms with van der Waals surface area (Å²) in [7, 11) is -3.51. The molecule has 0 saturated carbocycles. The molecule has 2 saturated heterocycles. The molecule has 1 unspecified atom stereocenters. The van der Waals surface area contributed by atoms with Gasteiger partial charge in [0.25, 0.3) is 0 Å². The third-order valence-electron chi connectivity index (χ3n) is 6.61. The van der Waals surface area contributed by atoms with Crippen LogP contribution >= 0.6 is 0 Å². The molecule has 0 radical (unpaired) electrons. The van der Waals surface area contributed by atoms with E-state index in [0.29, 0.717) is 43.0 Å². The van der Waals surface area contributed by atoms with Crippen LogP contribution in [0, 0.1) is 11.3 Å². The second-order valence-corrected chi connectivity index (χ2v) is 10.9. The maximum Gasteiger partial charge on any atom is 0.243 e. The van der Waals surface area contributed by atoms with Gasteiger partial charge in [-0.25, -0.2) is 8.42 Å². The average Bonchev–Trinajstić information content (AvgIpc) is 3.06. The predicted molar refractivity (Wildman–Crippen MR) is 127 cm³/mol. The smallest absolute Gasteiger partial charge is 0.243 e. The molecule has 2 aliphatic rings. The number of hydrogen-bond donors (Lipinski definition) is 1. The fourth-order valence-electron chi connectivity index (χ4n) is 4.57. The topological polar surface area (TPSA) is 102 Å². The van der Waals surface area contributed by atoms with Gasteiger partial charge in [-0.3, -0.25) is 4.90 Å². The van der Waals surface area contributed by atoms with E-state index >= 15 is 0 Å². The summed E-state index contributed by atoms with van der Waals surface area (Å²) in [5.41, 5.74) is 0.843. The van der Waals surface area contributed by atoms with Crippen molar-refractivity contribution in [3.8, 4) is 17.5 Å². The van der Waals surface area contributed by atoms with Gasteiger partial charge in [0.05, 0.1) is 4.90 Å². The Morgan fingerprint density at radius 1 is 1.03 bits per heavy atom. The Bertz CT molecular complexity index is 1060. The highest BCUT2D eigenvalue weighted by Gasteiger charge is 2.25. The summed E-state index contributed by atoms with van der Waals surface area (Å²) < 4.78 is 33.5. The highest BCUT2D eigenvalue weighted by Crippen LogP contribution is 2.28. The largest absolute Gasteiger partial charge is 0.419 e. The van der Waals surface area contributed by atoms with Crippen LogP contribution in [0.4, 0.5) is 5.88 Å². The first-order valence-corrected chi connectivity index (χ1v) is 13.4. The number of nitriles is 1. The molecule has 9 heteroatoms. The van der Waals surface area contributed by atoms with E-state index in [-0.39, 0.29) is 10.6 Å². The minimum Gasteiger partial charge on any atom is -0.419 e. The van der Waals surface area contributed by atoms with Gasteiger partial charge in [-0.1, -0.05) is 19.3 Å². The highest BCUT2D eigenvalue weighted by molar-refractivity contribution is 7.89. The van der Waals surface area contributed by atoms with Crippen molar-refractivity contribution in [3.05, 3.63) is 30.0 Å². The molecule has 0 amide bonds. The van der Waals surface area contributed by atoms with Crippen LogP contribution < -0.4 is 5.32 Å². The molecule has 178 valence electrons. The van der Waals surface area contributed by atoms with Crippen LogP contribution in [0.1, 0.15) is 57.6 Å². The van der Waals surface area contributed by atoms with Gasteiger partial charge in [0.15, 0.2) is 0 Å². The van der Waals surface area contributed by atoms with Crippen molar-refractivity contribution in [2.24, 2.45) is 0 Å². The lowest BCUT2D eigenvalue weighted by Gasteiger charge is -2.32. The molecule has 2 fully saturated rings. The average molecular weight is 472 g/mol. The summed E-state index contributed by atoms with van der Waals surface area (Å²) in [6.07, 6.45) is 7.69. The quantitative estimate of drug-likeness (QED) is 0.649. The van der Waals surface area contributed by atoms with Crippen molar-refractivity contribution < 1.29 is 12.8 Å². The second kappa shape index (κ2) is 10.7. The molecule has 1 N–H and O–H groups in total. The molecule has 2 aliphatic heterocycles. The third-order valence-corrected chi connectivity index (χ3v) is 8.52. The third kappa shape index (κ3) is 5.57.